The molecule has 3 rings (SSSR count). The van der Waals surface area contributed by atoms with Gasteiger partial charge in [-0.25, -0.2) is 17.2 Å². The molecular weight excluding hydrogens is 354 g/mol. The second-order valence-corrected chi connectivity index (χ2v) is 8.11. The molecule has 0 spiro atoms. The van der Waals surface area contributed by atoms with Crippen LogP contribution in [0.3, 0.4) is 0 Å². The highest BCUT2D eigenvalue weighted by Crippen LogP contribution is 2.36. The third-order valence-corrected chi connectivity index (χ3v) is 6.42. The maximum Gasteiger partial charge on any atom is 0.221 e. The SMILES string of the molecule is CN1OCC(S(=O)(=O)N(C)Cc2ccco2)C1c1cccc(F)c1F. The van der Waals surface area contributed by atoms with E-state index in [1.165, 1.54) is 37.6 Å². The van der Waals surface area contributed by atoms with Gasteiger partial charge in [-0.1, -0.05) is 12.1 Å². The molecule has 2 aromatic rings. The van der Waals surface area contributed by atoms with E-state index < -0.39 is 32.9 Å². The van der Waals surface area contributed by atoms with Crippen LogP contribution in [0.4, 0.5) is 8.78 Å². The molecule has 2 heterocycles. The lowest BCUT2D eigenvalue weighted by Gasteiger charge is -2.26. The van der Waals surface area contributed by atoms with Crippen molar-refractivity contribution in [2.24, 2.45) is 0 Å². The van der Waals surface area contributed by atoms with Crippen LogP contribution in [0.2, 0.25) is 0 Å². The van der Waals surface area contributed by atoms with Gasteiger partial charge in [0, 0.05) is 19.7 Å². The summed E-state index contributed by atoms with van der Waals surface area (Å²) in [6.45, 7) is -0.115. The van der Waals surface area contributed by atoms with Gasteiger partial charge in [0.15, 0.2) is 11.6 Å². The molecule has 1 aromatic heterocycles. The molecule has 1 fully saturated rings. The minimum Gasteiger partial charge on any atom is -0.468 e. The lowest BCUT2D eigenvalue weighted by atomic mass is 10.0. The van der Waals surface area contributed by atoms with Gasteiger partial charge in [-0.3, -0.25) is 4.84 Å². The van der Waals surface area contributed by atoms with Gasteiger partial charge in [-0.2, -0.15) is 9.37 Å². The van der Waals surface area contributed by atoms with Gasteiger partial charge in [-0.05, 0) is 18.2 Å². The van der Waals surface area contributed by atoms with Crippen molar-refractivity contribution in [3.05, 3.63) is 59.6 Å². The Labute approximate surface area is 144 Å². The van der Waals surface area contributed by atoms with E-state index in [2.05, 4.69) is 0 Å². The summed E-state index contributed by atoms with van der Waals surface area (Å²) in [6.07, 6.45) is 1.45. The van der Waals surface area contributed by atoms with E-state index in [0.717, 1.165) is 10.4 Å². The second-order valence-electron chi connectivity index (χ2n) is 5.85. The normalized spacial score (nSPS) is 22.0. The van der Waals surface area contributed by atoms with Gasteiger partial charge in [0.2, 0.25) is 10.0 Å². The summed E-state index contributed by atoms with van der Waals surface area (Å²) < 4.78 is 60.0. The quantitative estimate of drug-likeness (QED) is 0.806. The first-order chi connectivity index (χ1) is 11.8. The molecule has 0 bridgehead atoms. The topological polar surface area (TPSA) is 63.0 Å². The van der Waals surface area contributed by atoms with E-state index in [0.29, 0.717) is 5.76 Å². The molecular formula is C16H18F2N2O4S. The molecule has 0 amide bonds. The van der Waals surface area contributed by atoms with Crippen LogP contribution in [0, 0.1) is 11.6 Å². The number of hydrogen-bond acceptors (Lipinski definition) is 5. The zero-order valence-electron chi connectivity index (χ0n) is 13.7. The maximum absolute atomic E-state index is 14.2. The Kier molecular flexibility index (Phi) is 4.92. The Morgan fingerprint density at radius 2 is 2.04 bits per heavy atom. The lowest BCUT2D eigenvalue weighted by molar-refractivity contribution is -0.111. The summed E-state index contributed by atoms with van der Waals surface area (Å²) >= 11 is 0. The van der Waals surface area contributed by atoms with E-state index in [1.54, 1.807) is 12.1 Å². The Bertz CT molecular complexity index is 842. The van der Waals surface area contributed by atoms with Crippen LogP contribution in [-0.2, 0) is 21.4 Å². The number of halogens is 2. The molecule has 1 aliphatic heterocycles. The summed E-state index contributed by atoms with van der Waals surface area (Å²) in [5.74, 6) is -1.62. The van der Waals surface area contributed by atoms with Crippen LogP contribution in [0.25, 0.3) is 0 Å². The van der Waals surface area contributed by atoms with Crippen molar-refractivity contribution in [2.75, 3.05) is 20.7 Å². The average Bonchev–Trinajstić information content (AvgIpc) is 3.20. The van der Waals surface area contributed by atoms with Crippen molar-refractivity contribution in [3.8, 4) is 0 Å². The summed E-state index contributed by atoms with van der Waals surface area (Å²) in [5.41, 5.74) is -0.0556. The summed E-state index contributed by atoms with van der Waals surface area (Å²) in [6, 6.07) is 6.06. The molecule has 0 radical (unpaired) electrons. The first-order valence-corrected chi connectivity index (χ1v) is 9.10. The number of rotatable bonds is 5. The maximum atomic E-state index is 14.2. The molecule has 1 aromatic carbocycles. The molecule has 9 heteroatoms. The van der Waals surface area contributed by atoms with Crippen LogP contribution in [0.1, 0.15) is 17.4 Å². The zero-order chi connectivity index (χ0) is 18.2. The van der Waals surface area contributed by atoms with E-state index in [-0.39, 0.29) is 18.7 Å². The Morgan fingerprint density at radius 3 is 2.72 bits per heavy atom. The highest BCUT2D eigenvalue weighted by Gasteiger charge is 2.46. The summed E-state index contributed by atoms with van der Waals surface area (Å²) in [4.78, 5) is 5.31. The third-order valence-electron chi connectivity index (χ3n) is 4.26. The molecule has 2 atom stereocenters. The highest BCUT2D eigenvalue weighted by molar-refractivity contribution is 7.89. The molecule has 1 aliphatic rings. The fraction of sp³-hybridized carbons (Fsp3) is 0.375. The first-order valence-electron chi connectivity index (χ1n) is 7.59. The third kappa shape index (κ3) is 3.32. The molecule has 0 saturated carbocycles. The first kappa shape index (κ1) is 18.0. The van der Waals surface area contributed by atoms with Crippen molar-refractivity contribution < 1.29 is 26.5 Å². The van der Waals surface area contributed by atoms with Crippen molar-refractivity contribution >= 4 is 10.0 Å². The van der Waals surface area contributed by atoms with Crippen LogP contribution in [0.5, 0.6) is 0 Å². The van der Waals surface area contributed by atoms with Crippen LogP contribution < -0.4 is 0 Å². The molecule has 0 N–H and O–H groups in total. The molecule has 25 heavy (non-hydrogen) atoms. The fourth-order valence-corrected chi connectivity index (χ4v) is 4.58. The number of benzene rings is 1. The van der Waals surface area contributed by atoms with Crippen LogP contribution in [0.15, 0.2) is 41.0 Å². The molecule has 2 unspecified atom stereocenters. The van der Waals surface area contributed by atoms with Gasteiger partial charge >= 0.3 is 0 Å². The fourth-order valence-electron chi connectivity index (χ4n) is 2.93. The van der Waals surface area contributed by atoms with E-state index in [4.69, 9.17) is 9.25 Å². The summed E-state index contributed by atoms with van der Waals surface area (Å²) in [5, 5.41) is 0.176. The number of hydrogen-bond donors (Lipinski definition) is 0. The molecule has 0 aliphatic carbocycles. The molecule has 136 valence electrons. The number of sulfonamides is 1. The second kappa shape index (κ2) is 6.83. The van der Waals surface area contributed by atoms with E-state index in [9.17, 15) is 17.2 Å². The largest absolute Gasteiger partial charge is 0.468 e. The van der Waals surface area contributed by atoms with Crippen molar-refractivity contribution in [1.29, 1.82) is 0 Å². The number of hydroxylamine groups is 2. The minimum absolute atomic E-state index is 0.0356. The van der Waals surface area contributed by atoms with E-state index >= 15 is 0 Å². The molecule has 1 saturated heterocycles. The lowest BCUT2D eigenvalue weighted by Crippen LogP contribution is -2.40. The highest BCUT2D eigenvalue weighted by atomic mass is 32.2. The predicted octanol–water partition coefficient (Wildman–Crippen LogP) is 2.31. The van der Waals surface area contributed by atoms with Crippen LogP contribution >= 0.6 is 0 Å². The average molecular weight is 372 g/mol. The van der Waals surface area contributed by atoms with Gasteiger partial charge in [0.25, 0.3) is 0 Å². The Hall–Kier alpha value is -1.81. The number of nitrogens with zero attached hydrogens (tertiary/aromatic N) is 2. The van der Waals surface area contributed by atoms with Crippen LogP contribution in [-0.4, -0.2) is 43.7 Å². The Balaban J connectivity index is 1.92. The van der Waals surface area contributed by atoms with E-state index in [1.807, 2.05) is 0 Å². The van der Waals surface area contributed by atoms with Gasteiger partial charge in [-0.15, -0.1) is 0 Å². The molecule has 6 nitrogen and oxygen atoms in total. The van der Waals surface area contributed by atoms with Gasteiger partial charge < -0.3 is 4.42 Å². The monoisotopic (exact) mass is 372 g/mol. The zero-order valence-corrected chi connectivity index (χ0v) is 14.5. The standard InChI is InChI=1S/C16H18F2N2O4S/c1-19(9-11-5-4-8-23-11)25(21,22)14-10-24-20(2)16(14)12-6-3-7-13(17)15(12)18/h3-8,14,16H,9-10H2,1-2H3. The van der Waals surface area contributed by atoms with Gasteiger partial charge in [0.1, 0.15) is 11.0 Å². The Morgan fingerprint density at radius 1 is 1.28 bits per heavy atom. The van der Waals surface area contributed by atoms with Gasteiger partial charge in [0.05, 0.1) is 25.5 Å². The minimum atomic E-state index is -3.86. The van der Waals surface area contributed by atoms with Crippen molar-refractivity contribution in [2.45, 2.75) is 17.8 Å². The summed E-state index contributed by atoms with van der Waals surface area (Å²) in [7, 11) is -0.948. The predicted molar refractivity (Wildman–Crippen MR) is 85.7 cm³/mol. The van der Waals surface area contributed by atoms with Crippen molar-refractivity contribution in [1.82, 2.24) is 9.37 Å². The smallest absolute Gasteiger partial charge is 0.221 e. The van der Waals surface area contributed by atoms with Crippen molar-refractivity contribution in [3.63, 3.8) is 0 Å². The number of furan rings is 1.